The minimum atomic E-state index is -0.552. The second-order valence-electron chi connectivity index (χ2n) is 7.85. The molecule has 4 heteroatoms. The molecule has 4 nitrogen and oxygen atoms in total. The van der Waals surface area contributed by atoms with Crippen LogP contribution in [0.1, 0.15) is 29.7 Å². The average Bonchev–Trinajstić information content (AvgIpc) is 2.84. The van der Waals surface area contributed by atoms with E-state index in [0.717, 1.165) is 16.7 Å². The molecule has 0 unspecified atom stereocenters. The van der Waals surface area contributed by atoms with Crippen molar-refractivity contribution in [2.45, 2.75) is 25.9 Å². The summed E-state index contributed by atoms with van der Waals surface area (Å²) in [4.78, 5) is 28.2. The number of ether oxygens (including phenoxy) is 1. The summed E-state index contributed by atoms with van der Waals surface area (Å²) >= 11 is 0. The molecule has 1 fully saturated rings. The molecule has 1 aliphatic rings. The average molecular weight is 426 g/mol. The van der Waals surface area contributed by atoms with Gasteiger partial charge in [-0.05, 0) is 30.0 Å². The van der Waals surface area contributed by atoms with Crippen LogP contribution in [-0.2, 0) is 27.3 Å². The third-order valence-corrected chi connectivity index (χ3v) is 5.78. The molecule has 1 saturated heterocycles. The first-order valence-electron chi connectivity index (χ1n) is 11.0. The number of amides is 1. The van der Waals surface area contributed by atoms with Gasteiger partial charge in [-0.2, -0.15) is 0 Å². The van der Waals surface area contributed by atoms with Gasteiger partial charge in [-0.1, -0.05) is 97.1 Å². The number of hydrogen-bond donors (Lipinski definition) is 0. The van der Waals surface area contributed by atoms with Crippen LogP contribution in [0.5, 0.6) is 0 Å². The van der Waals surface area contributed by atoms with E-state index in [1.165, 1.54) is 0 Å². The molecule has 0 saturated carbocycles. The van der Waals surface area contributed by atoms with Crippen LogP contribution in [0.4, 0.5) is 0 Å². The number of hydrogen-bond acceptors (Lipinski definition) is 3. The highest BCUT2D eigenvalue weighted by Gasteiger charge is 2.51. The van der Waals surface area contributed by atoms with Crippen LogP contribution in [0.2, 0.25) is 0 Å². The summed E-state index contributed by atoms with van der Waals surface area (Å²) in [6.45, 7) is 2.56. The Balaban J connectivity index is 1.68. The summed E-state index contributed by atoms with van der Waals surface area (Å²) in [7, 11) is 0. The van der Waals surface area contributed by atoms with Gasteiger partial charge in [0.1, 0.15) is 0 Å². The van der Waals surface area contributed by atoms with Crippen LogP contribution in [-0.4, -0.2) is 23.4 Å². The molecule has 0 aliphatic carbocycles. The van der Waals surface area contributed by atoms with E-state index >= 15 is 0 Å². The molecule has 0 aromatic heterocycles. The molecule has 1 heterocycles. The molecule has 32 heavy (non-hydrogen) atoms. The minimum Gasteiger partial charge on any atom is -0.463 e. The molecule has 1 aliphatic heterocycles. The molecule has 0 spiro atoms. The van der Waals surface area contributed by atoms with Crippen molar-refractivity contribution in [1.29, 1.82) is 0 Å². The molecule has 3 aromatic carbocycles. The van der Waals surface area contributed by atoms with Gasteiger partial charge in [-0.25, -0.2) is 4.79 Å². The quantitative estimate of drug-likeness (QED) is 0.286. The first-order chi connectivity index (χ1) is 15.7. The third kappa shape index (κ3) is 4.65. The van der Waals surface area contributed by atoms with E-state index in [-0.39, 0.29) is 18.6 Å². The van der Waals surface area contributed by atoms with Gasteiger partial charge >= 0.3 is 5.97 Å². The van der Waals surface area contributed by atoms with E-state index in [0.29, 0.717) is 18.5 Å². The maximum Gasteiger partial charge on any atom is 0.334 e. The number of esters is 1. The Bertz CT molecular complexity index is 1080. The van der Waals surface area contributed by atoms with Gasteiger partial charge < -0.3 is 9.64 Å². The molecule has 0 N–H and O–H groups in total. The normalized spacial score (nSPS) is 18.2. The number of nitrogens with zero attached hydrogens (tertiary/aromatic N) is 1. The first kappa shape index (κ1) is 21.6. The number of rotatable bonds is 8. The lowest BCUT2D eigenvalue weighted by atomic mass is 9.76. The Morgan fingerprint density at radius 1 is 0.875 bits per heavy atom. The number of β-lactam (4-membered cyclic amide) rings is 1. The Kier molecular flexibility index (Phi) is 6.81. The zero-order chi connectivity index (χ0) is 22.3. The maximum atomic E-state index is 13.4. The molecule has 0 bridgehead atoms. The summed E-state index contributed by atoms with van der Waals surface area (Å²) < 4.78 is 5.36. The lowest BCUT2D eigenvalue weighted by Crippen LogP contribution is -2.55. The smallest absolute Gasteiger partial charge is 0.334 e. The Morgan fingerprint density at radius 2 is 1.44 bits per heavy atom. The number of carbonyl (C=O) groups excluding carboxylic acids is 2. The number of carbonyl (C=O) groups is 2. The predicted molar refractivity (Wildman–Crippen MR) is 125 cm³/mol. The fourth-order valence-corrected chi connectivity index (χ4v) is 4.22. The summed E-state index contributed by atoms with van der Waals surface area (Å²) in [6, 6.07) is 29.6. The topological polar surface area (TPSA) is 46.6 Å². The number of benzene rings is 3. The van der Waals surface area contributed by atoms with Crippen LogP contribution >= 0.6 is 0 Å². The van der Waals surface area contributed by atoms with E-state index in [4.69, 9.17) is 4.74 Å². The molecule has 1 amide bonds. The Labute approximate surface area is 189 Å². The van der Waals surface area contributed by atoms with Crippen LogP contribution in [0.15, 0.2) is 103 Å². The highest BCUT2D eigenvalue weighted by atomic mass is 16.5. The molecular formula is C28H27NO3. The molecule has 0 radical (unpaired) electrons. The third-order valence-electron chi connectivity index (χ3n) is 5.78. The molecule has 2 atom stereocenters. The highest BCUT2D eigenvalue weighted by molar-refractivity contribution is 6.01. The summed E-state index contributed by atoms with van der Waals surface area (Å²) in [5, 5.41) is 0. The summed E-state index contributed by atoms with van der Waals surface area (Å²) in [5.41, 5.74) is 3.60. The van der Waals surface area contributed by atoms with Gasteiger partial charge in [0.05, 0.1) is 18.6 Å². The lowest BCUT2D eigenvalue weighted by Gasteiger charge is -2.48. The van der Waals surface area contributed by atoms with Gasteiger partial charge in [0.2, 0.25) is 5.91 Å². The number of likely N-dealkylation sites (tertiary alicyclic amines) is 1. The van der Waals surface area contributed by atoms with Crippen LogP contribution in [0, 0.1) is 5.92 Å². The molecule has 4 rings (SSSR count). The summed E-state index contributed by atoms with van der Waals surface area (Å²) in [5.74, 6) is -1.01. The van der Waals surface area contributed by atoms with Gasteiger partial charge in [0.15, 0.2) is 0 Å². The van der Waals surface area contributed by atoms with Crippen molar-refractivity contribution < 1.29 is 14.3 Å². The van der Waals surface area contributed by atoms with E-state index in [1.807, 2.05) is 102 Å². The van der Waals surface area contributed by atoms with E-state index < -0.39 is 11.9 Å². The Hall–Kier alpha value is -3.66. The second-order valence-corrected chi connectivity index (χ2v) is 7.85. The van der Waals surface area contributed by atoms with Gasteiger partial charge in [0, 0.05) is 12.1 Å². The predicted octanol–water partition coefficient (Wildman–Crippen LogP) is 5.12. The van der Waals surface area contributed by atoms with Crippen molar-refractivity contribution in [2.24, 2.45) is 5.92 Å². The molecular weight excluding hydrogens is 398 g/mol. The maximum absolute atomic E-state index is 13.4. The van der Waals surface area contributed by atoms with Crippen molar-refractivity contribution in [1.82, 2.24) is 4.90 Å². The lowest BCUT2D eigenvalue weighted by molar-refractivity contribution is -0.158. The van der Waals surface area contributed by atoms with Gasteiger partial charge in [0.25, 0.3) is 0 Å². The zero-order valence-electron chi connectivity index (χ0n) is 18.2. The van der Waals surface area contributed by atoms with Crippen molar-refractivity contribution in [3.8, 4) is 0 Å². The Morgan fingerprint density at radius 3 is 2.03 bits per heavy atom. The zero-order valence-corrected chi connectivity index (χ0v) is 18.2. The van der Waals surface area contributed by atoms with Crippen molar-refractivity contribution in [2.75, 3.05) is 6.61 Å². The summed E-state index contributed by atoms with van der Waals surface area (Å²) in [6.07, 6.45) is 2.44. The van der Waals surface area contributed by atoms with Gasteiger partial charge in [-0.15, -0.1) is 0 Å². The van der Waals surface area contributed by atoms with Crippen LogP contribution in [0.3, 0.4) is 0 Å². The van der Waals surface area contributed by atoms with E-state index in [9.17, 15) is 9.59 Å². The van der Waals surface area contributed by atoms with Crippen LogP contribution in [0.25, 0.3) is 0 Å². The van der Waals surface area contributed by atoms with E-state index in [1.54, 1.807) is 6.92 Å². The number of allylic oxidation sites excluding steroid dienone is 1. The second kappa shape index (κ2) is 10.1. The highest BCUT2D eigenvalue weighted by Crippen LogP contribution is 2.45. The molecule has 162 valence electrons. The van der Waals surface area contributed by atoms with Crippen LogP contribution < -0.4 is 0 Å². The fourth-order valence-electron chi connectivity index (χ4n) is 4.22. The van der Waals surface area contributed by atoms with Gasteiger partial charge in [-0.3, -0.25) is 4.79 Å². The largest absolute Gasteiger partial charge is 0.463 e. The van der Waals surface area contributed by atoms with Crippen molar-refractivity contribution in [3.05, 3.63) is 119 Å². The van der Waals surface area contributed by atoms with Crippen molar-refractivity contribution >= 4 is 11.9 Å². The molecule has 3 aromatic rings. The van der Waals surface area contributed by atoms with E-state index in [2.05, 4.69) is 0 Å². The minimum absolute atomic E-state index is 0.0462. The van der Waals surface area contributed by atoms with Crippen molar-refractivity contribution in [3.63, 3.8) is 0 Å². The fraction of sp³-hybridized carbons (Fsp3) is 0.214. The SMILES string of the molecule is CCOC(=O)/C(=C\Cc1ccccc1)[C@H]1C(=O)N(Cc2ccccc2)[C@@H]1c1ccccc1. The standard InChI is InChI=1S/C28H27NO3/c1-2-32-28(31)24(19-18-21-12-6-3-7-13-21)25-26(23-16-10-5-11-17-23)29(27(25)30)20-22-14-8-4-9-15-22/h3-17,19,25-26H,2,18,20H2,1H3/b24-19-/t25-,26-/m1/s1. The first-order valence-corrected chi connectivity index (χ1v) is 11.0. The monoisotopic (exact) mass is 425 g/mol.